The second-order valence-corrected chi connectivity index (χ2v) is 9.53. The number of hydrogen-bond donors (Lipinski definition) is 2. The molecule has 0 aliphatic heterocycles. The van der Waals surface area contributed by atoms with E-state index < -0.39 is 0 Å². The molecule has 0 saturated heterocycles. The summed E-state index contributed by atoms with van der Waals surface area (Å²) >= 11 is 0. The lowest BCUT2D eigenvalue weighted by atomic mass is 9.90. The number of amides is 2. The van der Waals surface area contributed by atoms with Gasteiger partial charge >= 0.3 is 0 Å². The highest BCUT2D eigenvalue weighted by molar-refractivity contribution is 5.77. The van der Waals surface area contributed by atoms with Crippen molar-refractivity contribution in [2.75, 3.05) is 0 Å². The Bertz CT molecular complexity index is 472. The second kappa shape index (κ2) is 20.1. The van der Waals surface area contributed by atoms with Crippen LogP contribution in [0.1, 0.15) is 128 Å². The maximum atomic E-state index is 12.4. The molecule has 1 saturated carbocycles. The zero-order valence-corrected chi connectivity index (χ0v) is 20.7. The smallest absolute Gasteiger partial charge is 0.220 e. The molecular weight excluding hydrogens is 396 g/mol. The summed E-state index contributed by atoms with van der Waals surface area (Å²) in [4.78, 5) is 24.8. The van der Waals surface area contributed by atoms with Crippen molar-refractivity contribution in [2.24, 2.45) is 0 Å². The van der Waals surface area contributed by atoms with E-state index in [0.717, 1.165) is 64.2 Å². The molecule has 0 aromatic heterocycles. The average molecular weight is 447 g/mol. The maximum absolute atomic E-state index is 12.4. The van der Waals surface area contributed by atoms with Crippen molar-refractivity contribution in [2.45, 2.75) is 141 Å². The van der Waals surface area contributed by atoms with Crippen molar-refractivity contribution in [3.05, 3.63) is 25.3 Å². The van der Waals surface area contributed by atoms with Gasteiger partial charge in [-0.1, -0.05) is 76.4 Å². The van der Waals surface area contributed by atoms with Gasteiger partial charge in [0.05, 0.1) is 0 Å². The molecule has 1 fully saturated rings. The lowest BCUT2D eigenvalue weighted by molar-refractivity contribution is -0.125. The third-order valence-electron chi connectivity index (χ3n) is 6.58. The summed E-state index contributed by atoms with van der Waals surface area (Å²) < 4.78 is 0. The van der Waals surface area contributed by atoms with Crippen molar-refractivity contribution in [1.29, 1.82) is 0 Å². The Balaban J connectivity index is 2.14. The molecule has 0 aromatic carbocycles. The zero-order chi connectivity index (χ0) is 23.3. The molecule has 184 valence electrons. The van der Waals surface area contributed by atoms with E-state index in [2.05, 4.69) is 23.8 Å². The number of hydrogen-bond acceptors (Lipinski definition) is 2. The SMILES string of the molecule is C=CCCCCCCCCC(=O)N[C@@H]1CCCC[C@H]1NC(=O)CCCCCCCCC=C. The Morgan fingerprint density at radius 3 is 1.31 bits per heavy atom. The van der Waals surface area contributed by atoms with E-state index in [1.54, 1.807) is 0 Å². The summed E-state index contributed by atoms with van der Waals surface area (Å²) in [7, 11) is 0. The standard InChI is InChI=1S/C28H50N2O2/c1-3-5-7-9-11-13-15-17-23-27(31)29-25-21-19-20-22-26(25)30-28(32)24-18-16-14-12-10-8-6-4-2/h3-4,25-26H,1-2,5-24H2,(H,29,31)(H,30,32)/t25-,26-/m1/s1. The summed E-state index contributed by atoms with van der Waals surface area (Å²) in [5, 5.41) is 6.44. The van der Waals surface area contributed by atoms with Crippen LogP contribution in [0.25, 0.3) is 0 Å². The van der Waals surface area contributed by atoms with Crippen molar-refractivity contribution in [3.8, 4) is 0 Å². The van der Waals surface area contributed by atoms with Crippen LogP contribution in [0.2, 0.25) is 0 Å². The monoisotopic (exact) mass is 446 g/mol. The van der Waals surface area contributed by atoms with E-state index in [-0.39, 0.29) is 23.9 Å². The van der Waals surface area contributed by atoms with Gasteiger partial charge in [-0.05, 0) is 51.4 Å². The van der Waals surface area contributed by atoms with Crippen molar-refractivity contribution in [3.63, 3.8) is 0 Å². The van der Waals surface area contributed by atoms with E-state index >= 15 is 0 Å². The van der Waals surface area contributed by atoms with Crippen molar-refractivity contribution in [1.82, 2.24) is 10.6 Å². The number of allylic oxidation sites excluding steroid dienone is 2. The fourth-order valence-corrected chi connectivity index (χ4v) is 4.60. The average Bonchev–Trinajstić information content (AvgIpc) is 2.78. The van der Waals surface area contributed by atoms with Gasteiger partial charge in [-0.3, -0.25) is 9.59 Å². The maximum Gasteiger partial charge on any atom is 0.220 e. The quantitative estimate of drug-likeness (QED) is 0.154. The molecule has 1 rings (SSSR count). The normalized spacial score (nSPS) is 18.1. The molecule has 1 aliphatic carbocycles. The largest absolute Gasteiger partial charge is 0.351 e. The van der Waals surface area contributed by atoms with Crippen molar-refractivity contribution < 1.29 is 9.59 Å². The third-order valence-corrected chi connectivity index (χ3v) is 6.58. The van der Waals surface area contributed by atoms with Crippen LogP contribution in [-0.2, 0) is 9.59 Å². The van der Waals surface area contributed by atoms with E-state index in [4.69, 9.17) is 0 Å². The molecule has 4 nitrogen and oxygen atoms in total. The Kier molecular flexibility index (Phi) is 17.8. The number of nitrogens with one attached hydrogen (secondary N) is 2. The second-order valence-electron chi connectivity index (χ2n) is 9.53. The number of rotatable bonds is 20. The molecule has 0 bridgehead atoms. The van der Waals surface area contributed by atoms with Gasteiger partial charge in [0.1, 0.15) is 0 Å². The summed E-state index contributed by atoms with van der Waals surface area (Å²) in [6.45, 7) is 7.51. The minimum absolute atomic E-state index is 0.101. The van der Waals surface area contributed by atoms with E-state index in [1.165, 1.54) is 51.4 Å². The number of carbonyl (C=O) groups excluding carboxylic acids is 2. The first-order valence-corrected chi connectivity index (χ1v) is 13.5. The first-order valence-electron chi connectivity index (χ1n) is 13.5. The molecule has 2 atom stereocenters. The van der Waals surface area contributed by atoms with Gasteiger partial charge in [0.15, 0.2) is 0 Å². The Morgan fingerprint density at radius 1 is 0.594 bits per heavy atom. The van der Waals surface area contributed by atoms with Gasteiger partial charge in [-0.2, -0.15) is 0 Å². The molecule has 4 heteroatoms. The van der Waals surface area contributed by atoms with Crippen LogP contribution >= 0.6 is 0 Å². The zero-order valence-electron chi connectivity index (χ0n) is 20.7. The lowest BCUT2D eigenvalue weighted by Crippen LogP contribution is -2.53. The van der Waals surface area contributed by atoms with Crippen LogP contribution in [0.4, 0.5) is 0 Å². The molecule has 2 N–H and O–H groups in total. The van der Waals surface area contributed by atoms with Gasteiger partial charge in [0, 0.05) is 24.9 Å². The van der Waals surface area contributed by atoms with Crippen LogP contribution in [-0.4, -0.2) is 23.9 Å². The molecule has 1 aliphatic rings. The highest BCUT2D eigenvalue weighted by atomic mass is 16.2. The molecule has 0 aromatic rings. The minimum atomic E-state index is 0.101. The lowest BCUT2D eigenvalue weighted by Gasteiger charge is -2.33. The summed E-state index contributed by atoms with van der Waals surface area (Å²) in [6.07, 6.45) is 25.7. The molecule has 32 heavy (non-hydrogen) atoms. The number of unbranched alkanes of at least 4 members (excludes halogenated alkanes) is 12. The highest BCUT2D eigenvalue weighted by Gasteiger charge is 2.27. The Labute approximate surface area is 198 Å². The summed E-state index contributed by atoms with van der Waals surface area (Å²) in [6, 6.07) is 0.202. The van der Waals surface area contributed by atoms with Gasteiger partial charge in [0.25, 0.3) is 0 Å². The summed E-state index contributed by atoms with van der Waals surface area (Å²) in [5.74, 6) is 0.304. The predicted octanol–water partition coefficient (Wildman–Crippen LogP) is 7.14. The fourth-order valence-electron chi connectivity index (χ4n) is 4.60. The van der Waals surface area contributed by atoms with Gasteiger partial charge < -0.3 is 10.6 Å². The highest BCUT2D eigenvalue weighted by Crippen LogP contribution is 2.19. The Morgan fingerprint density at radius 2 is 0.938 bits per heavy atom. The molecule has 0 unspecified atom stereocenters. The van der Waals surface area contributed by atoms with E-state index in [1.807, 2.05) is 12.2 Å². The number of carbonyl (C=O) groups is 2. The predicted molar refractivity (Wildman–Crippen MR) is 137 cm³/mol. The van der Waals surface area contributed by atoms with E-state index in [9.17, 15) is 9.59 Å². The fraction of sp³-hybridized carbons (Fsp3) is 0.786. The molecule has 2 amide bonds. The molecule has 0 heterocycles. The Hall–Kier alpha value is -1.58. The van der Waals surface area contributed by atoms with Crippen LogP contribution in [0.15, 0.2) is 25.3 Å². The molecule has 0 spiro atoms. The van der Waals surface area contributed by atoms with Crippen LogP contribution in [0.3, 0.4) is 0 Å². The summed E-state index contributed by atoms with van der Waals surface area (Å²) in [5.41, 5.74) is 0. The first-order chi connectivity index (χ1) is 15.7. The van der Waals surface area contributed by atoms with Gasteiger partial charge in [-0.15, -0.1) is 13.2 Å². The van der Waals surface area contributed by atoms with Gasteiger partial charge in [0.2, 0.25) is 11.8 Å². The first kappa shape index (κ1) is 28.5. The minimum Gasteiger partial charge on any atom is -0.351 e. The topological polar surface area (TPSA) is 58.2 Å². The van der Waals surface area contributed by atoms with E-state index in [0.29, 0.717) is 12.8 Å². The molecule has 0 radical (unpaired) electrons. The van der Waals surface area contributed by atoms with Crippen LogP contribution in [0, 0.1) is 0 Å². The van der Waals surface area contributed by atoms with Crippen LogP contribution < -0.4 is 10.6 Å². The van der Waals surface area contributed by atoms with Crippen LogP contribution in [0.5, 0.6) is 0 Å². The van der Waals surface area contributed by atoms with Gasteiger partial charge in [-0.25, -0.2) is 0 Å². The third kappa shape index (κ3) is 15.3. The van der Waals surface area contributed by atoms with Crippen molar-refractivity contribution >= 4 is 11.8 Å². The molecular formula is C28H50N2O2.